The van der Waals surface area contributed by atoms with E-state index in [2.05, 4.69) is 6.92 Å². The van der Waals surface area contributed by atoms with Gasteiger partial charge in [-0.05, 0) is 30.7 Å². The number of fused-ring (bicyclic) bond motifs is 1. The second-order valence-electron chi connectivity index (χ2n) is 5.54. The van der Waals surface area contributed by atoms with Crippen molar-refractivity contribution in [2.45, 2.75) is 25.9 Å². The quantitative estimate of drug-likeness (QED) is 0.846. The first kappa shape index (κ1) is 15.4. The van der Waals surface area contributed by atoms with Gasteiger partial charge in [0.2, 0.25) is 6.10 Å². The fraction of sp³-hybridized carbons (Fsp3) is 0.316. The Hall–Kier alpha value is -2.49. The molecule has 1 heterocycles. The van der Waals surface area contributed by atoms with Crippen LogP contribution in [0.2, 0.25) is 0 Å². The predicted octanol–water partition coefficient (Wildman–Crippen LogP) is 3.66. The van der Waals surface area contributed by atoms with Crippen molar-refractivity contribution in [1.29, 1.82) is 0 Å². The van der Waals surface area contributed by atoms with Crippen LogP contribution in [0.15, 0.2) is 54.6 Å². The third-order valence-corrected chi connectivity index (χ3v) is 3.85. The molecule has 0 spiro atoms. The summed E-state index contributed by atoms with van der Waals surface area (Å²) in [6.45, 7) is 3.04. The average Bonchev–Trinajstić information content (AvgIpc) is 2.62. The highest BCUT2D eigenvalue weighted by molar-refractivity contribution is 5.97. The number of unbranched alkanes of at least 4 members (excludes halogenated alkanes) is 1. The highest BCUT2D eigenvalue weighted by atomic mass is 16.6. The molecular formula is C19H21NO3. The van der Waals surface area contributed by atoms with Gasteiger partial charge in [-0.1, -0.05) is 43.7 Å². The molecule has 2 aromatic carbocycles. The van der Waals surface area contributed by atoms with Gasteiger partial charge >= 0.3 is 0 Å². The molecule has 0 aromatic heterocycles. The Morgan fingerprint density at radius 1 is 1.09 bits per heavy atom. The highest BCUT2D eigenvalue weighted by Crippen LogP contribution is 2.31. The third-order valence-electron chi connectivity index (χ3n) is 3.85. The smallest absolute Gasteiger partial charge is 0.271 e. The van der Waals surface area contributed by atoms with Crippen molar-refractivity contribution < 1.29 is 14.3 Å². The number of hydrogen-bond acceptors (Lipinski definition) is 3. The number of carbonyl (C=O) groups excluding carboxylic acids is 1. The van der Waals surface area contributed by atoms with Gasteiger partial charge in [-0.25, -0.2) is 0 Å². The van der Waals surface area contributed by atoms with Crippen LogP contribution in [0.1, 0.15) is 19.8 Å². The lowest BCUT2D eigenvalue weighted by molar-refractivity contribution is -0.127. The zero-order chi connectivity index (χ0) is 16.1. The zero-order valence-corrected chi connectivity index (χ0v) is 13.3. The van der Waals surface area contributed by atoms with E-state index in [4.69, 9.17) is 9.47 Å². The molecule has 0 bridgehead atoms. The first-order chi connectivity index (χ1) is 11.3. The van der Waals surface area contributed by atoms with Crippen molar-refractivity contribution in [2.75, 3.05) is 18.1 Å². The van der Waals surface area contributed by atoms with Gasteiger partial charge in [-0.15, -0.1) is 0 Å². The molecule has 0 fully saturated rings. The fourth-order valence-electron chi connectivity index (χ4n) is 2.61. The Balaban J connectivity index is 1.79. The molecule has 1 unspecified atom stereocenters. The molecule has 1 aliphatic heterocycles. The minimum atomic E-state index is -0.609. The van der Waals surface area contributed by atoms with Crippen LogP contribution in [0.5, 0.6) is 11.5 Å². The van der Waals surface area contributed by atoms with E-state index in [9.17, 15) is 4.79 Å². The molecule has 4 nitrogen and oxygen atoms in total. The minimum Gasteiger partial charge on any atom is -0.485 e. The number of ether oxygens (including phenoxy) is 2. The fourth-order valence-corrected chi connectivity index (χ4v) is 2.61. The van der Waals surface area contributed by atoms with E-state index >= 15 is 0 Å². The summed E-state index contributed by atoms with van der Waals surface area (Å²) >= 11 is 0. The number of rotatable bonds is 5. The maximum atomic E-state index is 12.9. The molecule has 4 heteroatoms. The molecule has 0 saturated heterocycles. The molecule has 0 radical (unpaired) electrons. The number of carbonyl (C=O) groups is 1. The molecule has 1 atom stereocenters. The maximum absolute atomic E-state index is 12.9. The largest absolute Gasteiger partial charge is 0.485 e. The summed E-state index contributed by atoms with van der Waals surface area (Å²) in [6, 6.07) is 17.2. The average molecular weight is 311 g/mol. The second-order valence-corrected chi connectivity index (χ2v) is 5.54. The van der Waals surface area contributed by atoms with Gasteiger partial charge in [0.15, 0.2) is 11.5 Å². The summed E-state index contributed by atoms with van der Waals surface area (Å²) in [5.74, 6) is 1.26. The van der Waals surface area contributed by atoms with Crippen LogP contribution >= 0.6 is 0 Å². The van der Waals surface area contributed by atoms with Crippen molar-refractivity contribution in [3.8, 4) is 11.5 Å². The van der Waals surface area contributed by atoms with E-state index in [1.165, 1.54) is 0 Å². The number of benzene rings is 2. The van der Waals surface area contributed by atoms with Gasteiger partial charge in [0, 0.05) is 12.2 Å². The van der Waals surface area contributed by atoms with Crippen LogP contribution in [0, 0.1) is 0 Å². The van der Waals surface area contributed by atoms with Crippen molar-refractivity contribution in [1.82, 2.24) is 0 Å². The summed E-state index contributed by atoms with van der Waals surface area (Å²) in [6.07, 6.45) is 1.37. The third kappa shape index (κ3) is 3.47. The molecule has 23 heavy (non-hydrogen) atoms. The van der Waals surface area contributed by atoms with Gasteiger partial charge in [-0.2, -0.15) is 0 Å². The van der Waals surface area contributed by atoms with Crippen LogP contribution in [0.4, 0.5) is 5.69 Å². The first-order valence-corrected chi connectivity index (χ1v) is 8.04. The van der Waals surface area contributed by atoms with Gasteiger partial charge in [-0.3, -0.25) is 4.79 Å². The lowest BCUT2D eigenvalue weighted by Gasteiger charge is -2.30. The first-order valence-electron chi connectivity index (χ1n) is 8.04. The molecule has 0 aliphatic carbocycles. The van der Waals surface area contributed by atoms with Crippen LogP contribution in [-0.2, 0) is 4.79 Å². The van der Waals surface area contributed by atoms with Crippen LogP contribution in [0.3, 0.4) is 0 Å². The normalized spacial score (nSPS) is 16.0. The molecule has 0 saturated carbocycles. The van der Waals surface area contributed by atoms with E-state index in [0.717, 1.165) is 18.5 Å². The topological polar surface area (TPSA) is 38.8 Å². The molecular weight excluding hydrogens is 290 g/mol. The van der Waals surface area contributed by atoms with E-state index in [0.29, 0.717) is 18.0 Å². The lowest BCUT2D eigenvalue weighted by atomic mass is 10.2. The van der Waals surface area contributed by atoms with Crippen molar-refractivity contribution in [3.05, 3.63) is 54.6 Å². The number of nitrogens with zero attached hydrogens (tertiary/aromatic N) is 1. The number of hydrogen-bond donors (Lipinski definition) is 0. The van der Waals surface area contributed by atoms with Gasteiger partial charge in [0.25, 0.3) is 5.91 Å². The van der Waals surface area contributed by atoms with E-state index in [1.807, 2.05) is 54.6 Å². The summed E-state index contributed by atoms with van der Waals surface area (Å²) in [4.78, 5) is 14.7. The minimum absolute atomic E-state index is 0.0563. The predicted molar refractivity (Wildman–Crippen MR) is 90.1 cm³/mol. The summed E-state index contributed by atoms with van der Waals surface area (Å²) in [5.41, 5.74) is 0.897. The molecule has 2 aromatic rings. The highest BCUT2D eigenvalue weighted by Gasteiger charge is 2.31. The number of anilines is 1. The van der Waals surface area contributed by atoms with Crippen molar-refractivity contribution in [3.63, 3.8) is 0 Å². The van der Waals surface area contributed by atoms with Gasteiger partial charge < -0.3 is 14.4 Å². The van der Waals surface area contributed by atoms with Crippen molar-refractivity contribution in [2.24, 2.45) is 0 Å². The molecule has 1 amide bonds. The molecule has 3 rings (SSSR count). The van der Waals surface area contributed by atoms with E-state index < -0.39 is 6.10 Å². The standard InChI is InChI=1S/C19H21NO3/c1-2-3-13-20(15-9-5-4-6-10-15)19(21)18-14-22-16-11-7-8-12-17(16)23-18/h4-12,18H,2-3,13-14H2,1H3. The van der Waals surface area contributed by atoms with Gasteiger partial charge in [0.1, 0.15) is 6.61 Å². The number of para-hydroxylation sites is 3. The van der Waals surface area contributed by atoms with Crippen LogP contribution in [0.25, 0.3) is 0 Å². The Bertz CT molecular complexity index is 657. The van der Waals surface area contributed by atoms with E-state index in [-0.39, 0.29) is 12.5 Å². The van der Waals surface area contributed by atoms with E-state index in [1.54, 1.807) is 4.90 Å². The zero-order valence-electron chi connectivity index (χ0n) is 13.3. The van der Waals surface area contributed by atoms with Crippen LogP contribution < -0.4 is 14.4 Å². The Kier molecular flexibility index (Phi) is 4.81. The van der Waals surface area contributed by atoms with Gasteiger partial charge in [0.05, 0.1) is 0 Å². The lowest BCUT2D eigenvalue weighted by Crippen LogP contribution is -2.47. The Morgan fingerprint density at radius 3 is 2.52 bits per heavy atom. The second kappa shape index (κ2) is 7.18. The van der Waals surface area contributed by atoms with Crippen LogP contribution in [-0.4, -0.2) is 25.2 Å². The summed E-state index contributed by atoms with van der Waals surface area (Å²) in [7, 11) is 0. The SMILES string of the molecule is CCCCN(C(=O)C1COc2ccccc2O1)c1ccccc1. The monoisotopic (exact) mass is 311 g/mol. The van der Waals surface area contributed by atoms with Crippen molar-refractivity contribution >= 4 is 11.6 Å². The molecule has 120 valence electrons. The summed E-state index contributed by atoms with van der Waals surface area (Å²) < 4.78 is 11.5. The number of amides is 1. The molecule has 1 aliphatic rings. The Labute approximate surface area is 136 Å². The Morgan fingerprint density at radius 2 is 1.78 bits per heavy atom. The molecule has 0 N–H and O–H groups in total. The maximum Gasteiger partial charge on any atom is 0.271 e. The summed E-state index contributed by atoms with van der Waals surface area (Å²) in [5, 5.41) is 0.